The van der Waals surface area contributed by atoms with Gasteiger partial charge in [0, 0.05) is 19.3 Å². The zero-order valence-electron chi connectivity index (χ0n) is 9.07. The number of nitrogens with two attached hydrogens (primary N) is 1. The number of hydrogen-bond donors (Lipinski definition) is 1. The molecule has 0 radical (unpaired) electrons. The van der Waals surface area contributed by atoms with Crippen molar-refractivity contribution in [2.45, 2.75) is 19.4 Å². The Hall–Kier alpha value is -1.16. The molecule has 1 aliphatic heterocycles. The van der Waals surface area contributed by atoms with E-state index in [9.17, 15) is 4.39 Å². The van der Waals surface area contributed by atoms with Crippen molar-refractivity contribution in [3.63, 3.8) is 0 Å². The topological polar surface area (TPSA) is 42.1 Å². The number of pyridine rings is 1. The van der Waals surface area contributed by atoms with Crippen molar-refractivity contribution in [2.75, 3.05) is 18.0 Å². The number of nitrogens with zero attached hydrogens (tertiary/aromatic N) is 2. The van der Waals surface area contributed by atoms with Gasteiger partial charge in [-0.15, -0.1) is 0 Å². The molecule has 1 aliphatic rings. The van der Waals surface area contributed by atoms with Crippen LogP contribution in [0.15, 0.2) is 18.3 Å². The Morgan fingerprint density at radius 1 is 1.53 bits per heavy atom. The average Bonchev–Trinajstić information content (AvgIpc) is 2.14. The summed E-state index contributed by atoms with van der Waals surface area (Å²) in [4.78, 5) is 5.90. The molecule has 2 rings (SSSR count). The van der Waals surface area contributed by atoms with Crippen molar-refractivity contribution >= 4 is 5.82 Å². The minimum atomic E-state index is -0.275. The van der Waals surface area contributed by atoms with Gasteiger partial charge < -0.3 is 10.6 Å². The van der Waals surface area contributed by atoms with E-state index in [2.05, 4.69) is 18.8 Å². The summed E-state index contributed by atoms with van der Waals surface area (Å²) in [5.74, 6) is 0.544. The fraction of sp³-hybridized carbons (Fsp3) is 0.545. The number of halogens is 1. The van der Waals surface area contributed by atoms with Crippen LogP contribution < -0.4 is 10.6 Å². The van der Waals surface area contributed by atoms with Crippen LogP contribution in [0.25, 0.3) is 0 Å². The van der Waals surface area contributed by atoms with Crippen LogP contribution in [0.2, 0.25) is 0 Å². The lowest BCUT2D eigenvalue weighted by atomic mass is 9.80. The Balaban J connectivity index is 2.10. The fourth-order valence-corrected chi connectivity index (χ4v) is 1.79. The van der Waals surface area contributed by atoms with Gasteiger partial charge in [-0.3, -0.25) is 0 Å². The second-order valence-electron chi connectivity index (χ2n) is 4.55. The maximum atomic E-state index is 13.4. The molecule has 0 saturated carbocycles. The quantitative estimate of drug-likeness (QED) is 0.800. The van der Waals surface area contributed by atoms with E-state index in [1.165, 1.54) is 6.07 Å². The molecule has 3 nitrogen and oxygen atoms in total. The van der Waals surface area contributed by atoms with Gasteiger partial charge in [0.15, 0.2) is 11.6 Å². The van der Waals surface area contributed by atoms with E-state index in [1.807, 2.05) is 4.90 Å². The third-order valence-corrected chi connectivity index (χ3v) is 3.16. The lowest BCUT2D eigenvalue weighted by molar-refractivity contribution is 0.242. The van der Waals surface area contributed by atoms with Gasteiger partial charge in [0.1, 0.15) is 0 Å². The predicted octanol–water partition coefficient (Wildman–Crippen LogP) is 1.39. The van der Waals surface area contributed by atoms with Gasteiger partial charge in [-0.1, -0.05) is 13.8 Å². The Kier molecular flexibility index (Phi) is 2.38. The molecule has 0 bridgehead atoms. The zero-order valence-corrected chi connectivity index (χ0v) is 9.07. The molecule has 0 spiro atoms. The molecule has 2 heterocycles. The largest absolute Gasteiger partial charge is 0.350 e. The van der Waals surface area contributed by atoms with Gasteiger partial charge in [0.25, 0.3) is 0 Å². The summed E-state index contributed by atoms with van der Waals surface area (Å²) in [7, 11) is 0. The van der Waals surface area contributed by atoms with Gasteiger partial charge in [0.2, 0.25) is 0 Å². The maximum absolute atomic E-state index is 13.4. The number of hydrogen-bond acceptors (Lipinski definition) is 3. The van der Waals surface area contributed by atoms with E-state index in [4.69, 9.17) is 5.73 Å². The highest BCUT2D eigenvalue weighted by atomic mass is 19.1. The minimum absolute atomic E-state index is 0.191. The molecule has 82 valence electrons. The van der Waals surface area contributed by atoms with Crippen molar-refractivity contribution < 1.29 is 4.39 Å². The van der Waals surface area contributed by atoms with Gasteiger partial charge in [-0.25, -0.2) is 9.37 Å². The van der Waals surface area contributed by atoms with Crippen molar-refractivity contribution in [1.82, 2.24) is 4.98 Å². The monoisotopic (exact) mass is 209 g/mol. The van der Waals surface area contributed by atoms with E-state index >= 15 is 0 Å². The molecule has 0 aromatic carbocycles. The summed E-state index contributed by atoms with van der Waals surface area (Å²) in [6.07, 6.45) is 1.60. The van der Waals surface area contributed by atoms with E-state index in [0.717, 1.165) is 0 Å². The summed E-state index contributed by atoms with van der Waals surface area (Å²) in [5, 5.41) is 0. The highest BCUT2D eigenvalue weighted by Crippen LogP contribution is 2.30. The predicted molar refractivity (Wildman–Crippen MR) is 58.2 cm³/mol. The van der Waals surface area contributed by atoms with Crippen LogP contribution in [-0.2, 0) is 0 Å². The van der Waals surface area contributed by atoms with Crippen molar-refractivity contribution in [1.29, 1.82) is 0 Å². The van der Waals surface area contributed by atoms with Crippen LogP contribution in [-0.4, -0.2) is 23.6 Å². The van der Waals surface area contributed by atoms with Gasteiger partial charge in [-0.2, -0.15) is 0 Å². The van der Waals surface area contributed by atoms with Crippen LogP contribution in [0.4, 0.5) is 10.2 Å². The van der Waals surface area contributed by atoms with E-state index in [0.29, 0.717) is 24.8 Å². The van der Waals surface area contributed by atoms with Crippen molar-refractivity contribution in [2.24, 2.45) is 11.7 Å². The Labute approximate surface area is 89.1 Å². The van der Waals surface area contributed by atoms with Gasteiger partial charge in [0.05, 0.1) is 5.54 Å². The van der Waals surface area contributed by atoms with E-state index in [1.54, 1.807) is 12.3 Å². The molecule has 2 N–H and O–H groups in total. The number of aromatic nitrogens is 1. The molecule has 4 heteroatoms. The number of rotatable bonds is 2. The minimum Gasteiger partial charge on any atom is -0.350 e. The lowest BCUT2D eigenvalue weighted by Gasteiger charge is -2.50. The van der Waals surface area contributed by atoms with Gasteiger partial charge >= 0.3 is 0 Å². The first-order chi connectivity index (χ1) is 7.03. The average molecular weight is 209 g/mol. The molecule has 0 aliphatic carbocycles. The maximum Gasteiger partial charge on any atom is 0.165 e. The molecule has 1 fully saturated rings. The van der Waals surface area contributed by atoms with Gasteiger partial charge in [-0.05, 0) is 18.1 Å². The Morgan fingerprint density at radius 2 is 2.20 bits per heavy atom. The summed E-state index contributed by atoms with van der Waals surface area (Å²) < 4.78 is 13.4. The van der Waals surface area contributed by atoms with Crippen LogP contribution in [0.5, 0.6) is 0 Å². The Bertz CT molecular complexity index is 359. The smallest absolute Gasteiger partial charge is 0.165 e. The SMILES string of the molecule is CC(C)C1(N)CN(c2ncccc2F)C1. The molecule has 0 unspecified atom stereocenters. The molecule has 1 saturated heterocycles. The van der Waals surface area contributed by atoms with Crippen LogP contribution in [0.3, 0.4) is 0 Å². The summed E-state index contributed by atoms with van der Waals surface area (Å²) in [5.41, 5.74) is 5.94. The molecule has 1 aromatic rings. The number of anilines is 1. The van der Waals surface area contributed by atoms with Crippen LogP contribution >= 0.6 is 0 Å². The normalized spacial score (nSPS) is 19.1. The molecule has 15 heavy (non-hydrogen) atoms. The molecule has 0 atom stereocenters. The van der Waals surface area contributed by atoms with E-state index < -0.39 is 0 Å². The first-order valence-corrected chi connectivity index (χ1v) is 5.17. The highest BCUT2D eigenvalue weighted by molar-refractivity contribution is 5.45. The van der Waals surface area contributed by atoms with E-state index in [-0.39, 0.29) is 11.4 Å². The second kappa shape index (κ2) is 3.45. The summed E-state index contributed by atoms with van der Waals surface area (Å²) in [6.45, 7) is 5.54. The van der Waals surface area contributed by atoms with Crippen molar-refractivity contribution in [3.05, 3.63) is 24.1 Å². The first-order valence-electron chi connectivity index (χ1n) is 5.17. The fourth-order valence-electron chi connectivity index (χ4n) is 1.79. The third kappa shape index (κ3) is 1.69. The zero-order chi connectivity index (χ0) is 11.1. The molecule has 0 amide bonds. The molecular weight excluding hydrogens is 193 g/mol. The summed E-state index contributed by atoms with van der Waals surface area (Å²) >= 11 is 0. The lowest BCUT2D eigenvalue weighted by Crippen LogP contribution is -2.70. The highest BCUT2D eigenvalue weighted by Gasteiger charge is 2.43. The Morgan fingerprint density at radius 3 is 2.73 bits per heavy atom. The first kappa shape index (κ1) is 10.4. The second-order valence-corrected chi connectivity index (χ2v) is 4.55. The summed E-state index contributed by atoms with van der Waals surface area (Å²) in [6, 6.07) is 3.02. The molecule has 1 aromatic heterocycles. The van der Waals surface area contributed by atoms with Crippen molar-refractivity contribution in [3.8, 4) is 0 Å². The standard InChI is InChI=1S/C11H16FN3/c1-8(2)11(13)6-15(7-11)10-9(12)4-3-5-14-10/h3-5,8H,6-7,13H2,1-2H3. The van der Waals surface area contributed by atoms with Crippen LogP contribution in [0, 0.1) is 11.7 Å². The van der Waals surface area contributed by atoms with Crippen LogP contribution in [0.1, 0.15) is 13.8 Å². The third-order valence-electron chi connectivity index (χ3n) is 3.16. The molecular formula is C11H16FN3.